The summed E-state index contributed by atoms with van der Waals surface area (Å²) in [6.07, 6.45) is 1.61. The number of hydrogen-bond donors (Lipinski definition) is 1. The number of carbonyl (C=O) groups is 1. The second kappa shape index (κ2) is 7.67. The third kappa shape index (κ3) is 3.82. The van der Waals surface area contributed by atoms with Gasteiger partial charge in [-0.25, -0.2) is 0 Å². The molecule has 0 spiro atoms. The van der Waals surface area contributed by atoms with Crippen molar-refractivity contribution in [2.45, 2.75) is 0 Å². The number of halogens is 1. The lowest BCUT2D eigenvalue weighted by molar-refractivity contribution is -0.384. The molecule has 0 radical (unpaired) electrons. The standard InChI is InChI=1S/C17H11BrN2O5S2/c1-25-14-5-9(12(18)8-13(14)21)6-15-16(22)19(17(26)27-15)10-3-2-4-11(7-10)20(23)24/h2-8,21H,1H3/b15-6+. The Labute approximate surface area is 171 Å². The van der Waals surface area contributed by atoms with E-state index in [0.29, 0.717) is 20.6 Å². The topological polar surface area (TPSA) is 92.9 Å². The number of nitro benzene ring substituents is 1. The average molecular weight is 467 g/mol. The van der Waals surface area contributed by atoms with Crippen LogP contribution < -0.4 is 9.64 Å². The first kappa shape index (κ1) is 19.3. The zero-order valence-corrected chi connectivity index (χ0v) is 16.9. The molecule has 1 saturated heterocycles. The molecule has 138 valence electrons. The van der Waals surface area contributed by atoms with Gasteiger partial charge in [-0.3, -0.25) is 19.8 Å². The molecule has 1 aliphatic heterocycles. The zero-order chi connectivity index (χ0) is 19.7. The SMILES string of the molecule is COc1cc(/C=C2/SC(=S)N(c3cccc([N+](=O)[O-])c3)C2=O)c(Br)cc1O. The zero-order valence-electron chi connectivity index (χ0n) is 13.7. The van der Waals surface area contributed by atoms with Crippen molar-refractivity contribution in [3.63, 3.8) is 0 Å². The van der Waals surface area contributed by atoms with Crippen LogP contribution in [0.3, 0.4) is 0 Å². The molecule has 0 saturated carbocycles. The molecule has 0 unspecified atom stereocenters. The number of hydrogen-bond acceptors (Lipinski definition) is 7. The molecule has 27 heavy (non-hydrogen) atoms. The van der Waals surface area contributed by atoms with Crippen LogP contribution in [0.2, 0.25) is 0 Å². The Morgan fingerprint density at radius 2 is 2.11 bits per heavy atom. The fourth-order valence-corrected chi connectivity index (χ4v) is 4.15. The summed E-state index contributed by atoms with van der Waals surface area (Å²) in [6.45, 7) is 0. The summed E-state index contributed by atoms with van der Waals surface area (Å²) >= 11 is 9.71. The second-order valence-corrected chi connectivity index (χ2v) is 7.87. The van der Waals surface area contributed by atoms with Crippen molar-refractivity contribution in [3.8, 4) is 11.5 Å². The van der Waals surface area contributed by atoms with Gasteiger partial charge in [0.05, 0.1) is 22.6 Å². The molecule has 2 aromatic carbocycles. The number of phenols is 1. The van der Waals surface area contributed by atoms with E-state index in [0.717, 1.165) is 11.8 Å². The first-order chi connectivity index (χ1) is 12.8. The van der Waals surface area contributed by atoms with E-state index in [-0.39, 0.29) is 27.4 Å². The van der Waals surface area contributed by atoms with Crippen molar-refractivity contribution in [1.82, 2.24) is 0 Å². The van der Waals surface area contributed by atoms with E-state index in [4.69, 9.17) is 17.0 Å². The quantitative estimate of drug-likeness (QED) is 0.307. The molecule has 0 aromatic heterocycles. The number of thioether (sulfide) groups is 1. The largest absolute Gasteiger partial charge is 0.504 e. The van der Waals surface area contributed by atoms with Gasteiger partial charge in [-0.1, -0.05) is 46.0 Å². The lowest BCUT2D eigenvalue weighted by atomic mass is 10.2. The van der Waals surface area contributed by atoms with Crippen molar-refractivity contribution in [3.05, 3.63) is 61.5 Å². The minimum absolute atomic E-state index is 0.0364. The van der Waals surface area contributed by atoms with Gasteiger partial charge in [0, 0.05) is 16.6 Å². The number of benzene rings is 2. The molecule has 0 aliphatic carbocycles. The van der Waals surface area contributed by atoms with Crippen molar-refractivity contribution in [1.29, 1.82) is 0 Å². The van der Waals surface area contributed by atoms with Gasteiger partial charge in [-0.15, -0.1) is 0 Å². The first-order valence-corrected chi connectivity index (χ1v) is 9.42. The Balaban J connectivity index is 1.98. The van der Waals surface area contributed by atoms with Gasteiger partial charge in [0.15, 0.2) is 15.8 Å². The van der Waals surface area contributed by atoms with Gasteiger partial charge in [0.25, 0.3) is 11.6 Å². The van der Waals surface area contributed by atoms with Gasteiger partial charge < -0.3 is 9.84 Å². The predicted octanol–water partition coefficient (Wildman–Crippen LogP) is 4.48. The van der Waals surface area contributed by atoms with E-state index in [2.05, 4.69) is 15.9 Å². The minimum Gasteiger partial charge on any atom is -0.504 e. The number of methoxy groups -OCH3 is 1. The third-order valence-corrected chi connectivity index (χ3v) is 5.67. The number of nitrogens with zero attached hydrogens (tertiary/aromatic N) is 2. The summed E-state index contributed by atoms with van der Waals surface area (Å²) in [4.78, 5) is 24.9. The summed E-state index contributed by atoms with van der Waals surface area (Å²) in [5.41, 5.74) is 0.818. The highest BCUT2D eigenvalue weighted by atomic mass is 79.9. The van der Waals surface area contributed by atoms with Crippen LogP contribution in [-0.2, 0) is 4.79 Å². The normalized spacial score (nSPS) is 15.5. The Hall–Kier alpha value is -2.43. The summed E-state index contributed by atoms with van der Waals surface area (Å²) in [7, 11) is 1.43. The van der Waals surface area contributed by atoms with E-state index >= 15 is 0 Å². The van der Waals surface area contributed by atoms with Crippen LogP contribution in [0.1, 0.15) is 5.56 Å². The maximum Gasteiger partial charge on any atom is 0.271 e. The van der Waals surface area contributed by atoms with Gasteiger partial charge in [0.2, 0.25) is 0 Å². The summed E-state index contributed by atoms with van der Waals surface area (Å²) in [5, 5.41) is 20.8. The monoisotopic (exact) mass is 466 g/mol. The van der Waals surface area contributed by atoms with E-state index in [1.54, 1.807) is 18.2 Å². The molecule has 1 aliphatic rings. The molecule has 1 N–H and O–H groups in total. The van der Waals surface area contributed by atoms with Crippen LogP contribution in [0, 0.1) is 10.1 Å². The van der Waals surface area contributed by atoms with Gasteiger partial charge >= 0.3 is 0 Å². The number of phenolic OH excluding ortho intramolecular Hbond substituents is 1. The Morgan fingerprint density at radius 3 is 2.78 bits per heavy atom. The van der Waals surface area contributed by atoms with Gasteiger partial charge in [-0.05, 0) is 29.8 Å². The summed E-state index contributed by atoms with van der Waals surface area (Å²) in [5.74, 6) is -0.159. The Morgan fingerprint density at radius 1 is 1.37 bits per heavy atom. The Bertz CT molecular complexity index is 1010. The van der Waals surface area contributed by atoms with E-state index in [9.17, 15) is 20.0 Å². The smallest absolute Gasteiger partial charge is 0.271 e. The van der Waals surface area contributed by atoms with Crippen LogP contribution in [-0.4, -0.2) is 27.4 Å². The van der Waals surface area contributed by atoms with Crippen LogP contribution in [0.5, 0.6) is 11.5 Å². The number of aromatic hydroxyl groups is 1. The molecule has 10 heteroatoms. The second-order valence-electron chi connectivity index (χ2n) is 5.34. The molecule has 0 bridgehead atoms. The van der Waals surface area contributed by atoms with E-state index in [1.165, 1.54) is 36.3 Å². The number of carbonyl (C=O) groups excluding carboxylic acids is 1. The number of nitro groups is 1. The van der Waals surface area contributed by atoms with Crippen LogP contribution in [0.4, 0.5) is 11.4 Å². The number of non-ortho nitro benzene ring substituents is 1. The maximum atomic E-state index is 12.8. The number of anilines is 1. The number of thiocarbonyl (C=S) groups is 1. The molecule has 1 amide bonds. The highest BCUT2D eigenvalue weighted by molar-refractivity contribution is 9.10. The fourth-order valence-electron chi connectivity index (χ4n) is 2.41. The lowest BCUT2D eigenvalue weighted by Gasteiger charge is -2.14. The summed E-state index contributed by atoms with van der Waals surface area (Å²) < 4.78 is 5.93. The molecular weight excluding hydrogens is 456 g/mol. The number of ether oxygens (including phenoxy) is 1. The van der Waals surface area contributed by atoms with Crippen molar-refractivity contribution < 1.29 is 19.6 Å². The van der Waals surface area contributed by atoms with Gasteiger partial charge in [-0.2, -0.15) is 0 Å². The Kier molecular flexibility index (Phi) is 5.49. The van der Waals surface area contributed by atoms with Crippen molar-refractivity contribution in [2.24, 2.45) is 0 Å². The fraction of sp³-hybridized carbons (Fsp3) is 0.0588. The van der Waals surface area contributed by atoms with E-state index in [1.807, 2.05) is 0 Å². The molecule has 7 nitrogen and oxygen atoms in total. The number of rotatable bonds is 4. The lowest BCUT2D eigenvalue weighted by Crippen LogP contribution is -2.27. The van der Waals surface area contributed by atoms with Gasteiger partial charge in [0.1, 0.15) is 0 Å². The van der Waals surface area contributed by atoms with Crippen LogP contribution in [0.15, 0.2) is 45.8 Å². The van der Waals surface area contributed by atoms with Crippen molar-refractivity contribution >= 4 is 67.6 Å². The van der Waals surface area contributed by atoms with E-state index < -0.39 is 4.92 Å². The predicted molar refractivity (Wildman–Crippen MR) is 111 cm³/mol. The minimum atomic E-state index is -0.531. The molecule has 1 heterocycles. The summed E-state index contributed by atoms with van der Waals surface area (Å²) in [6, 6.07) is 8.77. The van der Waals surface area contributed by atoms with Crippen LogP contribution >= 0.6 is 39.9 Å². The van der Waals surface area contributed by atoms with Crippen molar-refractivity contribution in [2.75, 3.05) is 12.0 Å². The number of amides is 1. The molecular formula is C17H11BrN2O5S2. The molecule has 2 aromatic rings. The molecule has 1 fully saturated rings. The molecule has 3 rings (SSSR count). The molecule has 0 atom stereocenters. The maximum absolute atomic E-state index is 12.8. The third-order valence-electron chi connectivity index (χ3n) is 3.68. The highest BCUT2D eigenvalue weighted by Gasteiger charge is 2.34. The van der Waals surface area contributed by atoms with Crippen LogP contribution in [0.25, 0.3) is 6.08 Å². The average Bonchev–Trinajstić information content (AvgIpc) is 2.90. The highest BCUT2D eigenvalue weighted by Crippen LogP contribution is 2.39. The first-order valence-electron chi connectivity index (χ1n) is 7.40.